The second-order valence-corrected chi connectivity index (χ2v) is 12.5. The van der Waals surface area contributed by atoms with Gasteiger partial charge in [-0.2, -0.15) is 0 Å². The van der Waals surface area contributed by atoms with Crippen molar-refractivity contribution >= 4 is 47.0 Å². The molecule has 0 saturated carbocycles. The summed E-state index contributed by atoms with van der Waals surface area (Å²) >= 11 is 0. The molecule has 3 aromatic carbocycles. The minimum Gasteiger partial charge on any atom is -0.458 e. The standard InChI is InChI=1S/C20H16N2O4.C20H21N.ClH/c1-2-20(25)14-8-16-17-12(7-11-5-3-4-6-15(11)21-17)9-22(16)18(23)13(14)10-26-19(20)24;1-21(2)15-7-12-20-18-10-5-3-8-16(18)13-14-17-9-4-6-11-19(17)20;/h3-8,25H,2,9-10H2,1H3;3-6,8-14H,7,15H2,1-2H3;1H. The maximum atomic E-state index is 13.0. The molecular weight excluding hydrogens is 622 g/mol. The molecule has 0 saturated heterocycles. The van der Waals surface area contributed by atoms with Crippen molar-refractivity contribution in [3.63, 3.8) is 0 Å². The zero-order valence-corrected chi connectivity index (χ0v) is 28.1. The van der Waals surface area contributed by atoms with Gasteiger partial charge in [0.1, 0.15) is 6.61 Å². The number of pyridine rings is 2. The van der Waals surface area contributed by atoms with Gasteiger partial charge in [0.15, 0.2) is 5.60 Å². The molecule has 48 heavy (non-hydrogen) atoms. The van der Waals surface area contributed by atoms with Gasteiger partial charge in [-0.1, -0.05) is 91.9 Å². The predicted molar refractivity (Wildman–Crippen MR) is 194 cm³/mol. The van der Waals surface area contributed by atoms with Gasteiger partial charge in [0.25, 0.3) is 5.56 Å². The quantitative estimate of drug-likeness (QED) is 0.204. The summed E-state index contributed by atoms with van der Waals surface area (Å²) in [5.74, 6) is -0.707. The van der Waals surface area contributed by atoms with Crippen LogP contribution in [0.15, 0.2) is 95.8 Å². The SMILES string of the molecule is CCC1(O)C(=O)OCc2c1cc1n(c2=O)Cc2cc3ccccc3nc2-1.CN(C)CCC=C1c2ccccc2C=Cc2ccccc21.Cl. The molecule has 0 spiro atoms. The number of aromatic nitrogens is 2. The average Bonchev–Trinajstić information content (AvgIpc) is 3.36. The highest BCUT2D eigenvalue weighted by Gasteiger charge is 2.45. The summed E-state index contributed by atoms with van der Waals surface area (Å²) in [5.41, 5.74) is 8.42. The Morgan fingerprint density at radius 3 is 2.25 bits per heavy atom. The molecule has 2 aliphatic heterocycles. The van der Waals surface area contributed by atoms with Crippen molar-refractivity contribution in [1.82, 2.24) is 14.5 Å². The third-order valence-corrected chi connectivity index (χ3v) is 9.29. The van der Waals surface area contributed by atoms with E-state index in [1.807, 2.05) is 30.3 Å². The van der Waals surface area contributed by atoms with Gasteiger partial charge in [0.2, 0.25) is 0 Å². The minimum absolute atomic E-state index is 0. The number of ether oxygens (including phenoxy) is 1. The van der Waals surface area contributed by atoms with Crippen LogP contribution in [0.5, 0.6) is 0 Å². The Morgan fingerprint density at radius 1 is 0.938 bits per heavy atom. The lowest BCUT2D eigenvalue weighted by atomic mass is 9.86. The molecule has 2 aromatic heterocycles. The number of aliphatic hydroxyl groups is 1. The summed E-state index contributed by atoms with van der Waals surface area (Å²) in [7, 11) is 4.24. The highest BCUT2D eigenvalue weighted by Crippen LogP contribution is 2.39. The molecule has 5 aromatic rings. The maximum absolute atomic E-state index is 13.0. The topological polar surface area (TPSA) is 84.7 Å². The monoisotopic (exact) mass is 659 g/mol. The van der Waals surface area contributed by atoms with Crippen LogP contribution in [0.1, 0.15) is 58.7 Å². The number of para-hydroxylation sites is 1. The van der Waals surface area contributed by atoms with Crippen molar-refractivity contribution < 1.29 is 14.6 Å². The van der Waals surface area contributed by atoms with Crippen LogP contribution in [-0.4, -0.2) is 46.2 Å². The molecule has 1 N–H and O–H groups in total. The summed E-state index contributed by atoms with van der Waals surface area (Å²) in [6.45, 7) is 3.08. The largest absolute Gasteiger partial charge is 0.458 e. The molecule has 0 bridgehead atoms. The number of benzene rings is 3. The summed E-state index contributed by atoms with van der Waals surface area (Å²) in [6.07, 6.45) is 8.03. The van der Waals surface area contributed by atoms with Gasteiger partial charge in [-0.05, 0) is 73.0 Å². The summed E-state index contributed by atoms with van der Waals surface area (Å²) in [4.78, 5) is 32.1. The third-order valence-electron chi connectivity index (χ3n) is 9.29. The van der Waals surface area contributed by atoms with Crippen molar-refractivity contribution in [2.45, 2.75) is 38.5 Å². The lowest BCUT2D eigenvalue weighted by Crippen LogP contribution is -2.44. The smallest absolute Gasteiger partial charge is 0.343 e. The molecule has 8 heteroatoms. The fourth-order valence-corrected chi connectivity index (χ4v) is 6.71. The van der Waals surface area contributed by atoms with E-state index >= 15 is 0 Å². The summed E-state index contributed by atoms with van der Waals surface area (Å²) < 4.78 is 6.72. The van der Waals surface area contributed by atoms with E-state index in [9.17, 15) is 14.7 Å². The summed E-state index contributed by atoms with van der Waals surface area (Å²) in [5, 5.41) is 11.8. The van der Waals surface area contributed by atoms with Crippen molar-refractivity contribution in [3.05, 3.63) is 140 Å². The Morgan fingerprint density at radius 2 is 1.58 bits per heavy atom. The van der Waals surface area contributed by atoms with Crippen LogP contribution in [0.3, 0.4) is 0 Å². The van der Waals surface area contributed by atoms with Crippen LogP contribution in [0.25, 0.3) is 40.0 Å². The van der Waals surface area contributed by atoms with Gasteiger partial charge in [-0.3, -0.25) is 4.79 Å². The first kappa shape index (κ1) is 33.1. The van der Waals surface area contributed by atoms with Crippen LogP contribution in [0.2, 0.25) is 0 Å². The fraction of sp³-hybridized carbons (Fsp3) is 0.225. The molecular formula is C40H38ClN3O4. The molecule has 0 fully saturated rings. The summed E-state index contributed by atoms with van der Waals surface area (Å²) in [6, 6.07) is 28.9. The highest BCUT2D eigenvalue weighted by molar-refractivity contribution is 5.93. The van der Waals surface area contributed by atoms with Gasteiger partial charge >= 0.3 is 5.97 Å². The fourth-order valence-electron chi connectivity index (χ4n) is 6.71. The first-order valence-electron chi connectivity index (χ1n) is 16.1. The van der Waals surface area contributed by atoms with Gasteiger partial charge in [-0.25, -0.2) is 9.78 Å². The number of hydrogen-bond donors (Lipinski definition) is 1. The van der Waals surface area contributed by atoms with E-state index in [4.69, 9.17) is 9.72 Å². The number of fused-ring (bicyclic) bond motifs is 7. The Bertz CT molecular complexity index is 2120. The Hall–Kier alpha value is -4.82. The first-order chi connectivity index (χ1) is 22.8. The number of rotatable bonds is 4. The highest BCUT2D eigenvalue weighted by atomic mass is 35.5. The van der Waals surface area contributed by atoms with Crippen molar-refractivity contribution in [1.29, 1.82) is 0 Å². The van der Waals surface area contributed by atoms with Crippen molar-refractivity contribution in [3.8, 4) is 11.4 Å². The Labute approximate surface area is 286 Å². The van der Waals surface area contributed by atoms with Crippen LogP contribution >= 0.6 is 12.4 Å². The van der Waals surface area contributed by atoms with Crippen LogP contribution in [0.4, 0.5) is 0 Å². The average molecular weight is 660 g/mol. The third kappa shape index (κ3) is 5.79. The van der Waals surface area contributed by atoms with E-state index in [1.165, 1.54) is 27.8 Å². The van der Waals surface area contributed by atoms with E-state index in [2.05, 4.69) is 85.8 Å². The van der Waals surface area contributed by atoms with E-state index in [1.54, 1.807) is 17.6 Å². The maximum Gasteiger partial charge on any atom is 0.343 e. The molecule has 3 aliphatic rings. The number of carbonyl (C=O) groups is 1. The van der Waals surface area contributed by atoms with Gasteiger partial charge in [-0.15, -0.1) is 12.4 Å². The number of carbonyl (C=O) groups excluding carboxylic acids is 1. The van der Waals surface area contributed by atoms with Crippen LogP contribution in [0, 0.1) is 0 Å². The normalized spacial score (nSPS) is 16.7. The van der Waals surface area contributed by atoms with E-state index in [0.29, 0.717) is 23.4 Å². The van der Waals surface area contributed by atoms with Gasteiger partial charge < -0.3 is 19.3 Å². The molecule has 1 unspecified atom stereocenters. The van der Waals surface area contributed by atoms with E-state index in [0.717, 1.165) is 35.1 Å². The molecule has 0 amide bonds. The number of hydrogen-bond acceptors (Lipinski definition) is 6. The van der Waals surface area contributed by atoms with Crippen molar-refractivity contribution in [2.24, 2.45) is 0 Å². The number of nitrogens with zero attached hydrogens (tertiary/aromatic N) is 3. The zero-order valence-electron chi connectivity index (χ0n) is 27.3. The number of cyclic esters (lactones) is 1. The molecule has 0 radical (unpaired) electrons. The Kier molecular flexibility index (Phi) is 9.21. The molecule has 8 rings (SSSR count). The number of halogens is 1. The predicted octanol–water partition coefficient (Wildman–Crippen LogP) is 7.06. The van der Waals surface area contributed by atoms with Gasteiger partial charge in [0.05, 0.1) is 29.0 Å². The van der Waals surface area contributed by atoms with Crippen LogP contribution < -0.4 is 5.56 Å². The Balaban J connectivity index is 0.000000168. The minimum atomic E-state index is -1.79. The molecule has 1 atom stereocenters. The second-order valence-electron chi connectivity index (χ2n) is 12.5. The molecule has 1 aliphatic carbocycles. The second kappa shape index (κ2) is 13.4. The lowest BCUT2D eigenvalue weighted by Gasteiger charge is -2.31. The zero-order chi connectivity index (χ0) is 32.7. The first-order valence-corrected chi connectivity index (χ1v) is 16.1. The van der Waals surface area contributed by atoms with Crippen molar-refractivity contribution in [2.75, 3.05) is 20.6 Å². The lowest BCUT2D eigenvalue weighted by molar-refractivity contribution is -0.172. The van der Waals surface area contributed by atoms with Gasteiger partial charge in [0, 0.05) is 23.1 Å². The number of esters is 1. The van der Waals surface area contributed by atoms with E-state index in [-0.39, 0.29) is 31.0 Å². The van der Waals surface area contributed by atoms with E-state index < -0.39 is 11.6 Å². The van der Waals surface area contributed by atoms with Crippen LogP contribution in [-0.2, 0) is 28.3 Å². The molecule has 4 heterocycles. The molecule has 7 nitrogen and oxygen atoms in total. The molecule has 244 valence electrons.